The summed E-state index contributed by atoms with van der Waals surface area (Å²) in [5.74, 6) is 1.49. The second kappa shape index (κ2) is 8.39. The lowest BCUT2D eigenvalue weighted by Gasteiger charge is -2.08. The number of rotatable bonds is 7. The quantitative estimate of drug-likeness (QED) is 0.473. The number of carbonyl (C=O) groups excluding carboxylic acids is 1. The van der Waals surface area contributed by atoms with Crippen LogP contribution in [0.25, 0.3) is 21.9 Å². The van der Waals surface area contributed by atoms with Crippen molar-refractivity contribution < 1.29 is 19.0 Å². The summed E-state index contributed by atoms with van der Waals surface area (Å²) in [6, 6.07) is 10.9. The molecular formula is C22H22N4O5. The average molecular weight is 422 g/mol. The highest BCUT2D eigenvalue weighted by molar-refractivity contribution is 6.05. The van der Waals surface area contributed by atoms with Crippen LogP contribution in [0.5, 0.6) is 17.2 Å². The third-order valence-corrected chi connectivity index (χ3v) is 5.01. The largest absolute Gasteiger partial charge is 0.497 e. The van der Waals surface area contributed by atoms with E-state index in [1.807, 2.05) is 24.3 Å². The van der Waals surface area contributed by atoms with E-state index in [0.29, 0.717) is 40.3 Å². The molecule has 2 aromatic heterocycles. The molecule has 0 aliphatic carbocycles. The normalized spacial score (nSPS) is 10.9. The average Bonchev–Trinajstić information content (AvgIpc) is 3.17. The predicted octanol–water partition coefficient (Wildman–Crippen LogP) is 2.22. The van der Waals surface area contributed by atoms with E-state index < -0.39 is 0 Å². The van der Waals surface area contributed by atoms with Gasteiger partial charge in [0.05, 0.1) is 33.2 Å². The van der Waals surface area contributed by atoms with Gasteiger partial charge in [0.1, 0.15) is 23.3 Å². The van der Waals surface area contributed by atoms with Crippen molar-refractivity contribution in [3.05, 3.63) is 58.6 Å². The lowest BCUT2D eigenvalue weighted by molar-refractivity contribution is -0.121. The van der Waals surface area contributed by atoms with E-state index in [4.69, 9.17) is 14.2 Å². The topological polar surface area (TPSA) is 107 Å². The van der Waals surface area contributed by atoms with Crippen LogP contribution in [0.1, 0.15) is 5.56 Å². The molecule has 0 aliphatic heterocycles. The fourth-order valence-corrected chi connectivity index (χ4v) is 3.43. The summed E-state index contributed by atoms with van der Waals surface area (Å²) in [5, 5.41) is 3.54. The highest BCUT2D eigenvalue weighted by Crippen LogP contribution is 2.34. The van der Waals surface area contributed by atoms with Gasteiger partial charge in [-0.25, -0.2) is 4.98 Å². The van der Waals surface area contributed by atoms with Gasteiger partial charge in [0.15, 0.2) is 11.5 Å². The minimum atomic E-state index is -0.337. The van der Waals surface area contributed by atoms with E-state index in [2.05, 4.69) is 15.3 Å². The summed E-state index contributed by atoms with van der Waals surface area (Å²) in [4.78, 5) is 32.8. The van der Waals surface area contributed by atoms with Crippen molar-refractivity contribution in [1.82, 2.24) is 19.9 Å². The van der Waals surface area contributed by atoms with Gasteiger partial charge >= 0.3 is 0 Å². The molecule has 0 saturated carbocycles. The Balaban J connectivity index is 1.58. The van der Waals surface area contributed by atoms with Gasteiger partial charge in [-0.1, -0.05) is 12.1 Å². The number of aromatic nitrogens is 3. The summed E-state index contributed by atoms with van der Waals surface area (Å²) in [5.41, 5.74) is 2.07. The molecule has 0 fully saturated rings. The second-order valence-electron chi connectivity index (χ2n) is 6.91. The SMILES string of the molecule is COc1cccc(CNC(=O)Cn2cnc3c([nH]c4cc(OC)c(OC)cc43)c2=O)c1. The zero-order chi connectivity index (χ0) is 22.0. The molecular weight excluding hydrogens is 400 g/mol. The molecule has 0 unspecified atom stereocenters. The van der Waals surface area contributed by atoms with Gasteiger partial charge in [0.25, 0.3) is 5.56 Å². The number of aromatic amines is 1. The molecule has 9 heteroatoms. The van der Waals surface area contributed by atoms with Gasteiger partial charge < -0.3 is 24.5 Å². The molecule has 4 aromatic rings. The molecule has 31 heavy (non-hydrogen) atoms. The van der Waals surface area contributed by atoms with Crippen LogP contribution < -0.4 is 25.1 Å². The Hall–Kier alpha value is -4.01. The molecule has 0 radical (unpaired) electrons. The van der Waals surface area contributed by atoms with Crippen LogP contribution >= 0.6 is 0 Å². The Morgan fingerprint density at radius 1 is 1.10 bits per heavy atom. The lowest BCUT2D eigenvalue weighted by Crippen LogP contribution is -2.32. The van der Waals surface area contributed by atoms with E-state index >= 15 is 0 Å². The zero-order valence-corrected chi connectivity index (χ0v) is 17.4. The Kier molecular flexibility index (Phi) is 5.48. The summed E-state index contributed by atoms with van der Waals surface area (Å²) in [7, 11) is 4.67. The number of hydrogen-bond donors (Lipinski definition) is 2. The Morgan fingerprint density at radius 2 is 1.87 bits per heavy atom. The molecule has 9 nitrogen and oxygen atoms in total. The maximum atomic E-state index is 12.9. The monoisotopic (exact) mass is 422 g/mol. The number of benzene rings is 2. The zero-order valence-electron chi connectivity index (χ0n) is 17.4. The first kappa shape index (κ1) is 20.3. The molecule has 1 amide bonds. The van der Waals surface area contributed by atoms with Gasteiger partial charge in [-0.15, -0.1) is 0 Å². The van der Waals surface area contributed by atoms with Gasteiger partial charge in [0.2, 0.25) is 5.91 Å². The molecule has 160 valence electrons. The number of nitrogens with one attached hydrogen (secondary N) is 2. The predicted molar refractivity (Wildman–Crippen MR) is 116 cm³/mol. The third kappa shape index (κ3) is 3.89. The maximum Gasteiger partial charge on any atom is 0.278 e. The van der Waals surface area contributed by atoms with Crippen molar-refractivity contribution in [2.24, 2.45) is 0 Å². The first-order valence-electron chi connectivity index (χ1n) is 9.56. The molecule has 0 spiro atoms. The fraction of sp³-hybridized carbons (Fsp3) is 0.227. The van der Waals surface area contributed by atoms with Gasteiger partial charge in [0, 0.05) is 18.0 Å². The summed E-state index contributed by atoms with van der Waals surface area (Å²) < 4.78 is 17.1. The Bertz CT molecular complexity index is 1320. The highest BCUT2D eigenvalue weighted by Gasteiger charge is 2.15. The summed E-state index contributed by atoms with van der Waals surface area (Å²) >= 11 is 0. The highest BCUT2D eigenvalue weighted by atomic mass is 16.5. The van der Waals surface area contributed by atoms with Crippen molar-refractivity contribution in [3.63, 3.8) is 0 Å². The van der Waals surface area contributed by atoms with Crippen LogP contribution in [0.3, 0.4) is 0 Å². The van der Waals surface area contributed by atoms with Crippen LogP contribution in [0.4, 0.5) is 0 Å². The van der Waals surface area contributed by atoms with E-state index in [0.717, 1.165) is 10.9 Å². The molecule has 0 aliphatic rings. The van der Waals surface area contributed by atoms with E-state index in [1.165, 1.54) is 10.9 Å². The molecule has 4 rings (SSSR count). The first-order chi connectivity index (χ1) is 15.0. The van der Waals surface area contributed by atoms with Crippen molar-refractivity contribution >= 4 is 27.8 Å². The van der Waals surface area contributed by atoms with Crippen LogP contribution in [-0.4, -0.2) is 41.8 Å². The van der Waals surface area contributed by atoms with E-state index in [1.54, 1.807) is 33.5 Å². The van der Waals surface area contributed by atoms with Crippen molar-refractivity contribution in [1.29, 1.82) is 0 Å². The minimum absolute atomic E-state index is 0.145. The molecule has 0 saturated heterocycles. The number of ether oxygens (including phenoxy) is 3. The number of methoxy groups -OCH3 is 3. The number of amides is 1. The smallest absolute Gasteiger partial charge is 0.278 e. The van der Waals surface area contributed by atoms with Gasteiger partial charge in [-0.05, 0) is 23.8 Å². The van der Waals surface area contributed by atoms with Crippen LogP contribution in [0, 0.1) is 0 Å². The lowest BCUT2D eigenvalue weighted by atomic mass is 10.2. The minimum Gasteiger partial charge on any atom is -0.497 e. The number of hydrogen-bond acceptors (Lipinski definition) is 6. The Morgan fingerprint density at radius 3 is 2.61 bits per heavy atom. The number of H-pyrrole nitrogens is 1. The standard InChI is InChI=1S/C22H22N4O5/c1-29-14-6-4-5-13(7-14)10-23-19(27)11-26-12-24-20-15-8-17(30-2)18(31-3)9-16(15)25-21(20)22(26)28/h4-9,12,25H,10-11H2,1-3H3,(H,23,27). The molecule has 0 bridgehead atoms. The second-order valence-corrected chi connectivity index (χ2v) is 6.91. The number of nitrogens with zero attached hydrogens (tertiary/aromatic N) is 2. The first-order valence-corrected chi connectivity index (χ1v) is 9.56. The number of carbonyl (C=O) groups is 1. The van der Waals surface area contributed by atoms with E-state index in [-0.39, 0.29) is 18.0 Å². The summed E-state index contributed by atoms with van der Waals surface area (Å²) in [6.07, 6.45) is 1.37. The maximum absolute atomic E-state index is 12.9. The molecule has 0 atom stereocenters. The van der Waals surface area contributed by atoms with Crippen LogP contribution in [-0.2, 0) is 17.9 Å². The van der Waals surface area contributed by atoms with Gasteiger partial charge in [-0.3, -0.25) is 14.2 Å². The van der Waals surface area contributed by atoms with Crippen molar-refractivity contribution in [3.8, 4) is 17.2 Å². The molecule has 2 aromatic carbocycles. The fourth-order valence-electron chi connectivity index (χ4n) is 3.43. The number of fused-ring (bicyclic) bond motifs is 3. The van der Waals surface area contributed by atoms with Gasteiger partial charge in [-0.2, -0.15) is 0 Å². The summed E-state index contributed by atoms with van der Waals surface area (Å²) in [6.45, 7) is 0.181. The molecule has 2 N–H and O–H groups in total. The molecule has 2 heterocycles. The van der Waals surface area contributed by atoms with Crippen LogP contribution in [0.2, 0.25) is 0 Å². The van der Waals surface area contributed by atoms with E-state index in [9.17, 15) is 9.59 Å². The Labute approximate surface area is 177 Å². The third-order valence-electron chi connectivity index (χ3n) is 5.01. The van der Waals surface area contributed by atoms with Crippen molar-refractivity contribution in [2.75, 3.05) is 21.3 Å². The van der Waals surface area contributed by atoms with Crippen LogP contribution in [0.15, 0.2) is 47.5 Å². The van der Waals surface area contributed by atoms with Crippen molar-refractivity contribution in [2.45, 2.75) is 13.1 Å².